The number of benzene rings is 1. The second kappa shape index (κ2) is 12.0. The molecule has 0 aromatic heterocycles. The van der Waals surface area contributed by atoms with Gasteiger partial charge in [-0.25, -0.2) is 4.79 Å². The van der Waals surface area contributed by atoms with Gasteiger partial charge in [-0.3, -0.25) is 4.79 Å². The lowest BCUT2D eigenvalue weighted by molar-refractivity contribution is -0.139. The van der Waals surface area contributed by atoms with Gasteiger partial charge in [-0.2, -0.15) is 0 Å². The fraction of sp³-hybridized carbons (Fsp3) is 0.536. The van der Waals surface area contributed by atoms with Gasteiger partial charge in [0, 0.05) is 19.0 Å². The molecular weight excluding hydrogens is 444 g/mol. The van der Waals surface area contributed by atoms with Crippen molar-refractivity contribution in [3.05, 3.63) is 53.1 Å². The Morgan fingerprint density at radius 2 is 1.94 bits per heavy atom. The van der Waals surface area contributed by atoms with E-state index >= 15 is 0 Å². The molecule has 4 rings (SSSR count). The van der Waals surface area contributed by atoms with E-state index in [1.54, 1.807) is 12.1 Å². The van der Waals surface area contributed by atoms with Crippen LogP contribution in [-0.2, 0) is 20.8 Å². The average Bonchev–Trinajstić information content (AvgIpc) is 3.67. The summed E-state index contributed by atoms with van der Waals surface area (Å²) in [5.74, 6) is -0.0420. The van der Waals surface area contributed by atoms with Crippen molar-refractivity contribution in [2.75, 3.05) is 19.8 Å². The summed E-state index contributed by atoms with van der Waals surface area (Å²) in [5.41, 5.74) is 2.61. The Labute approximate surface area is 207 Å². The fourth-order valence-corrected chi connectivity index (χ4v) is 4.79. The molecule has 2 aliphatic heterocycles. The summed E-state index contributed by atoms with van der Waals surface area (Å²) in [4.78, 5) is 33.1. The molecule has 1 amide bonds. The molecule has 7 nitrogen and oxygen atoms in total. The largest absolute Gasteiger partial charge is 0.508 e. The number of nitrogens with zero attached hydrogens (tertiary/aromatic N) is 2. The number of rotatable bonds is 4. The summed E-state index contributed by atoms with van der Waals surface area (Å²) in [6.45, 7) is 3.02. The molecule has 1 saturated heterocycles. The number of cyclic esters (lactones) is 1. The highest BCUT2D eigenvalue weighted by atomic mass is 16.6. The molecule has 0 bridgehead atoms. The third-order valence-corrected chi connectivity index (χ3v) is 6.82. The molecule has 2 heterocycles. The summed E-state index contributed by atoms with van der Waals surface area (Å²) in [6.07, 6.45) is 15.8. The van der Waals surface area contributed by atoms with E-state index in [0.29, 0.717) is 36.3 Å². The number of amides is 1. The van der Waals surface area contributed by atoms with Crippen LogP contribution in [0, 0.1) is 0 Å². The maximum atomic E-state index is 13.1. The number of carbonyl (C=O) groups is 2. The first kappa shape index (κ1) is 25.0. The SMILES string of the molecule is CC1CCCCN1C(=O)CO/N=C1/C=C/CC/C=C/CCOC(=O)c2c(cc(O)cc2C2CC2)C1. The number of hydrogen-bond donors (Lipinski definition) is 1. The van der Waals surface area contributed by atoms with E-state index in [1.807, 2.05) is 23.1 Å². The second-order valence-corrected chi connectivity index (χ2v) is 9.68. The summed E-state index contributed by atoms with van der Waals surface area (Å²) in [5, 5.41) is 14.7. The zero-order valence-electron chi connectivity index (χ0n) is 20.6. The number of hydrogen-bond acceptors (Lipinski definition) is 6. The number of aromatic hydroxyl groups is 1. The van der Waals surface area contributed by atoms with E-state index in [9.17, 15) is 14.7 Å². The molecule has 1 N–H and O–H groups in total. The quantitative estimate of drug-likeness (QED) is 0.371. The Hall–Kier alpha value is -3.09. The number of piperidine rings is 1. The topological polar surface area (TPSA) is 88.4 Å². The van der Waals surface area contributed by atoms with Crippen molar-refractivity contribution in [3.63, 3.8) is 0 Å². The van der Waals surface area contributed by atoms with E-state index in [-0.39, 0.29) is 36.2 Å². The maximum absolute atomic E-state index is 13.1. The van der Waals surface area contributed by atoms with Crippen LogP contribution < -0.4 is 0 Å². The highest BCUT2D eigenvalue weighted by Gasteiger charge is 2.31. The predicted molar refractivity (Wildman–Crippen MR) is 135 cm³/mol. The molecular formula is C28H36N2O5. The van der Waals surface area contributed by atoms with Crippen molar-refractivity contribution >= 4 is 17.6 Å². The van der Waals surface area contributed by atoms with Gasteiger partial charge in [-0.15, -0.1) is 0 Å². The number of fused-ring (bicyclic) bond motifs is 1. The van der Waals surface area contributed by atoms with Gasteiger partial charge in [-0.1, -0.05) is 23.4 Å². The lowest BCUT2D eigenvalue weighted by Gasteiger charge is -2.32. The van der Waals surface area contributed by atoms with E-state index < -0.39 is 0 Å². The Morgan fingerprint density at radius 1 is 1.14 bits per heavy atom. The highest BCUT2D eigenvalue weighted by molar-refractivity contribution is 6.00. The zero-order valence-corrected chi connectivity index (χ0v) is 20.6. The summed E-state index contributed by atoms with van der Waals surface area (Å²) in [6, 6.07) is 3.51. The maximum Gasteiger partial charge on any atom is 0.338 e. The zero-order chi connectivity index (χ0) is 24.6. The van der Waals surface area contributed by atoms with Gasteiger partial charge in [0.2, 0.25) is 0 Å². The molecule has 7 heteroatoms. The van der Waals surface area contributed by atoms with Crippen molar-refractivity contribution in [2.45, 2.75) is 76.7 Å². The number of ether oxygens (including phenoxy) is 1. The molecule has 1 aromatic rings. The number of phenolic OH excluding ortho intramolecular Hbond substituents is 1. The van der Waals surface area contributed by atoms with Crippen LogP contribution in [0.4, 0.5) is 0 Å². The van der Waals surface area contributed by atoms with E-state index in [4.69, 9.17) is 9.57 Å². The van der Waals surface area contributed by atoms with Crippen LogP contribution in [0.15, 0.2) is 41.6 Å². The van der Waals surface area contributed by atoms with Gasteiger partial charge < -0.3 is 19.6 Å². The summed E-state index contributed by atoms with van der Waals surface area (Å²) < 4.78 is 5.59. The van der Waals surface area contributed by atoms with Crippen molar-refractivity contribution in [2.24, 2.45) is 5.16 Å². The number of esters is 1. The summed E-state index contributed by atoms with van der Waals surface area (Å²) in [7, 11) is 0. The van der Waals surface area contributed by atoms with E-state index in [2.05, 4.69) is 18.2 Å². The minimum absolute atomic E-state index is 0.0609. The monoisotopic (exact) mass is 480 g/mol. The molecule has 1 saturated carbocycles. The van der Waals surface area contributed by atoms with Crippen LogP contribution in [0.3, 0.4) is 0 Å². The van der Waals surface area contributed by atoms with Crippen LogP contribution in [0.1, 0.15) is 85.7 Å². The first-order valence-electron chi connectivity index (χ1n) is 12.9. The number of phenols is 1. The van der Waals surface area contributed by atoms with Crippen LogP contribution in [0.2, 0.25) is 0 Å². The molecule has 2 fully saturated rings. The van der Waals surface area contributed by atoms with Crippen molar-refractivity contribution in [3.8, 4) is 5.75 Å². The Morgan fingerprint density at radius 3 is 2.74 bits per heavy atom. The van der Waals surface area contributed by atoms with Gasteiger partial charge in [0.15, 0.2) is 6.61 Å². The third kappa shape index (κ3) is 6.96. The number of likely N-dealkylation sites (tertiary alicyclic amines) is 1. The summed E-state index contributed by atoms with van der Waals surface area (Å²) >= 11 is 0. The van der Waals surface area contributed by atoms with Gasteiger partial charge in [0.05, 0.1) is 17.9 Å². The van der Waals surface area contributed by atoms with Gasteiger partial charge in [-0.05, 0) is 93.5 Å². The van der Waals surface area contributed by atoms with Crippen LogP contribution in [0.5, 0.6) is 5.75 Å². The predicted octanol–water partition coefficient (Wildman–Crippen LogP) is 5.04. The molecule has 188 valence electrons. The lowest BCUT2D eigenvalue weighted by atomic mass is 9.93. The van der Waals surface area contributed by atoms with Crippen LogP contribution >= 0.6 is 0 Å². The first-order valence-corrected chi connectivity index (χ1v) is 12.9. The number of oxime groups is 1. The Bertz CT molecular complexity index is 1010. The minimum atomic E-state index is -0.370. The molecule has 1 aliphatic carbocycles. The Kier molecular flexibility index (Phi) is 8.61. The Balaban J connectivity index is 1.57. The first-order chi connectivity index (χ1) is 17.0. The average molecular weight is 481 g/mol. The fourth-order valence-electron chi connectivity index (χ4n) is 4.79. The molecule has 1 atom stereocenters. The van der Waals surface area contributed by atoms with E-state index in [1.165, 1.54) is 0 Å². The smallest absolute Gasteiger partial charge is 0.338 e. The van der Waals surface area contributed by atoms with Crippen molar-refractivity contribution in [1.29, 1.82) is 0 Å². The normalized spacial score (nSPS) is 24.7. The molecule has 0 radical (unpaired) electrons. The standard InChI is InChI=1S/C28H36N2O5/c1-20-10-7-8-14-30(20)26(32)19-35-29-23-11-6-4-2-3-5-9-15-34-28(33)27-22(16-23)17-24(31)18-25(27)21-12-13-21/h3,5-6,11,17-18,20-21,31H,2,4,7-10,12-16,19H2,1H3/b5-3+,11-6+,29-23-. The molecule has 3 aliphatic rings. The van der Waals surface area contributed by atoms with Crippen LogP contribution in [-0.4, -0.2) is 53.4 Å². The van der Waals surface area contributed by atoms with Gasteiger partial charge in [0.25, 0.3) is 5.91 Å². The molecule has 1 unspecified atom stereocenters. The molecule has 1 aromatic carbocycles. The highest BCUT2D eigenvalue weighted by Crippen LogP contribution is 2.44. The van der Waals surface area contributed by atoms with Gasteiger partial charge >= 0.3 is 5.97 Å². The van der Waals surface area contributed by atoms with Gasteiger partial charge in [0.1, 0.15) is 5.75 Å². The van der Waals surface area contributed by atoms with Crippen molar-refractivity contribution in [1.82, 2.24) is 4.90 Å². The third-order valence-electron chi connectivity index (χ3n) is 6.82. The van der Waals surface area contributed by atoms with Crippen molar-refractivity contribution < 1.29 is 24.3 Å². The second-order valence-electron chi connectivity index (χ2n) is 9.68. The lowest BCUT2D eigenvalue weighted by Crippen LogP contribution is -2.43. The molecule has 35 heavy (non-hydrogen) atoms. The minimum Gasteiger partial charge on any atom is -0.508 e. The van der Waals surface area contributed by atoms with E-state index in [0.717, 1.165) is 57.1 Å². The van der Waals surface area contributed by atoms with Crippen LogP contribution in [0.25, 0.3) is 0 Å². The molecule has 0 spiro atoms. The number of carbonyl (C=O) groups excluding carboxylic acids is 2. The number of allylic oxidation sites excluding steroid dienone is 3.